The quantitative estimate of drug-likeness (QED) is 0.775. The van der Waals surface area contributed by atoms with Gasteiger partial charge in [0.1, 0.15) is 17.6 Å². The summed E-state index contributed by atoms with van der Waals surface area (Å²) in [7, 11) is 1.66. The zero-order valence-corrected chi connectivity index (χ0v) is 18.1. The molecule has 1 amide bonds. The van der Waals surface area contributed by atoms with Gasteiger partial charge >= 0.3 is 0 Å². The van der Waals surface area contributed by atoms with Crippen LogP contribution in [0.1, 0.15) is 36.6 Å². The lowest BCUT2D eigenvalue weighted by molar-refractivity contribution is -0.130. The van der Waals surface area contributed by atoms with Gasteiger partial charge in [0.2, 0.25) is 5.91 Å². The number of pyridine rings is 1. The van der Waals surface area contributed by atoms with E-state index in [1.54, 1.807) is 14.0 Å². The van der Waals surface area contributed by atoms with Gasteiger partial charge in [-0.15, -0.1) is 0 Å². The zero-order valence-electron chi connectivity index (χ0n) is 18.1. The number of fused-ring (bicyclic) bond motifs is 1. The molecule has 6 nitrogen and oxygen atoms in total. The van der Waals surface area contributed by atoms with Crippen LogP contribution in [-0.2, 0) is 17.9 Å². The Kier molecular flexibility index (Phi) is 6.23. The second kappa shape index (κ2) is 9.04. The normalized spacial score (nSPS) is 22.0. The number of piperidine rings is 1. The lowest BCUT2D eigenvalue weighted by atomic mass is 9.91. The molecule has 1 saturated heterocycles. The lowest BCUT2D eigenvalue weighted by Crippen LogP contribution is -2.46. The van der Waals surface area contributed by atoms with E-state index in [0.717, 1.165) is 55.2 Å². The molecule has 0 aliphatic carbocycles. The average Bonchev–Trinajstić information content (AvgIpc) is 2.95. The van der Waals surface area contributed by atoms with Crippen LogP contribution in [0.25, 0.3) is 0 Å². The highest BCUT2D eigenvalue weighted by molar-refractivity contribution is 5.73. The van der Waals surface area contributed by atoms with Crippen molar-refractivity contribution >= 4 is 5.91 Å². The number of hydrogen-bond acceptors (Lipinski definition) is 5. The maximum Gasteiger partial charge on any atom is 0.219 e. The summed E-state index contributed by atoms with van der Waals surface area (Å²) in [6.45, 7) is 7.82. The fraction of sp³-hybridized carbons (Fsp3) is 0.500. The Morgan fingerprint density at radius 3 is 2.93 bits per heavy atom. The number of likely N-dealkylation sites (tertiary alicyclic amines) is 1. The number of aryl methyl sites for hydroxylation is 1. The van der Waals surface area contributed by atoms with Gasteiger partial charge in [0.15, 0.2) is 0 Å². The van der Waals surface area contributed by atoms with E-state index in [4.69, 9.17) is 9.47 Å². The number of aromatic nitrogens is 1. The van der Waals surface area contributed by atoms with E-state index in [1.165, 1.54) is 5.56 Å². The predicted octanol–water partition coefficient (Wildman–Crippen LogP) is 3.42. The molecule has 0 N–H and O–H groups in total. The van der Waals surface area contributed by atoms with E-state index in [1.807, 2.05) is 35.4 Å². The van der Waals surface area contributed by atoms with E-state index in [0.29, 0.717) is 19.0 Å². The van der Waals surface area contributed by atoms with E-state index in [-0.39, 0.29) is 12.0 Å². The Morgan fingerprint density at radius 2 is 2.17 bits per heavy atom. The highest BCUT2D eigenvalue weighted by Gasteiger charge is 2.33. The summed E-state index contributed by atoms with van der Waals surface area (Å²) >= 11 is 0. The van der Waals surface area contributed by atoms with Crippen LogP contribution < -0.4 is 9.47 Å². The van der Waals surface area contributed by atoms with Crippen LogP contribution in [0, 0.1) is 12.8 Å². The number of amides is 1. The standard InChI is InChI=1S/C24H31N3O3/c1-17-6-4-10-25-22(17)15-26-11-5-7-19(13-26)24-16-27(18(2)28)14-20-12-21(29-3)8-9-23(20)30-24/h4,6,8-10,12,19,24H,5,7,11,13-16H2,1-3H3/t19-,24+/m0/s1. The molecule has 2 aliphatic rings. The molecule has 2 atom stereocenters. The first-order valence-electron chi connectivity index (χ1n) is 10.8. The number of methoxy groups -OCH3 is 1. The number of hydrogen-bond donors (Lipinski definition) is 0. The molecule has 3 heterocycles. The van der Waals surface area contributed by atoms with E-state index in [2.05, 4.69) is 22.9 Å². The molecule has 1 fully saturated rings. The van der Waals surface area contributed by atoms with E-state index >= 15 is 0 Å². The van der Waals surface area contributed by atoms with Crippen LogP contribution >= 0.6 is 0 Å². The zero-order chi connectivity index (χ0) is 21.1. The van der Waals surface area contributed by atoms with Crippen LogP contribution in [0.2, 0.25) is 0 Å². The Labute approximate surface area is 178 Å². The number of rotatable bonds is 4. The summed E-state index contributed by atoms with van der Waals surface area (Å²) in [5, 5.41) is 0. The summed E-state index contributed by atoms with van der Waals surface area (Å²) in [5.41, 5.74) is 3.38. The second-order valence-corrected chi connectivity index (χ2v) is 8.43. The minimum absolute atomic E-state index is 0.0174. The molecule has 1 aromatic carbocycles. The summed E-state index contributed by atoms with van der Waals surface area (Å²) in [6.07, 6.45) is 4.09. The minimum Gasteiger partial charge on any atom is -0.497 e. The minimum atomic E-state index is -0.0174. The Bertz CT molecular complexity index is 901. The third-order valence-electron chi connectivity index (χ3n) is 6.31. The average molecular weight is 410 g/mol. The molecule has 160 valence electrons. The third-order valence-corrected chi connectivity index (χ3v) is 6.31. The number of carbonyl (C=O) groups excluding carboxylic acids is 1. The van der Waals surface area contributed by atoms with Gasteiger partial charge in [0.25, 0.3) is 0 Å². The largest absolute Gasteiger partial charge is 0.497 e. The first kappa shape index (κ1) is 20.7. The maximum absolute atomic E-state index is 12.3. The monoisotopic (exact) mass is 409 g/mol. The molecule has 0 saturated carbocycles. The van der Waals surface area contributed by atoms with Crippen LogP contribution in [0.3, 0.4) is 0 Å². The van der Waals surface area contributed by atoms with Gasteiger partial charge in [-0.3, -0.25) is 14.7 Å². The van der Waals surface area contributed by atoms with Crippen molar-refractivity contribution in [1.82, 2.24) is 14.8 Å². The van der Waals surface area contributed by atoms with Crippen molar-refractivity contribution in [3.8, 4) is 11.5 Å². The van der Waals surface area contributed by atoms with Crippen molar-refractivity contribution in [2.75, 3.05) is 26.7 Å². The Balaban J connectivity index is 1.52. The third kappa shape index (κ3) is 4.59. The number of benzene rings is 1. The van der Waals surface area contributed by atoms with Gasteiger partial charge in [-0.1, -0.05) is 6.07 Å². The van der Waals surface area contributed by atoms with Crippen LogP contribution in [0.5, 0.6) is 11.5 Å². The Morgan fingerprint density at radius 1 is 1.30 bits per heavy atom. The summed E-state index contributed by atoms with van der Waals surface area (Å²) in [5.74, 6) is 2.10. The molecular weight excluding hydrogens is 378 g/mol. The van der Waals surface area contributed by atoms with Crippen molar-refractivity contribution < 1.29 is 14.3 Å². The fourth-order valence-electron chi connectivity index (χ4n) is 4.53. The molecular formula is C24H31N3O3. The molecule has 4 rings (SSSR count). The molecule has 6 heteroatoms. The van der Waals surface area contributed by atoms with Crippen molar-refractivity contribution in [2.45, 2.75) is 45.9 Å². The Hall–Kier alpha value is -2.60. The molecule has 0 radical (unpaired) electrons. The topological polar surface area (TPSA) is 54.9 Å². The van der Waals surface area contributed by atoms with Gasteiger partial charge in [0, 0.05) is 44.2 Å². The van der Waals surface area contributed by atoms with Gasteiger partial charge in [0.05, 0.1) is 19.3 Å². The van der Waals surface area contributed by atoms with Crippen LogP contribution in [0.4, 0.5) is 0 Å². The number of nitrogens with zero attached hydrogens (tertiary/aromatic N) is 3. The second-order valence-electron chi connectivity index (χ2n) is 8.43. The van der Waals surface area contributed by atoms with Gasteiger partial charge in [-0.05, 0) is 56.1 Å². The lowest BCUT2D eigenvalue weighted by Gasteiger charge is -2.37. The van der Waals surface area contributed by atoms with Gasteiger partial charge in [-0.2, -0.15) is 0 Å². The van der Waals surface area contributed by atoms with E-state index < -0.39 is 0 Å². The first-order chi connectivity index (χ1) is 14.5. The van der Waals surface area contributed by atoms with Crippen molar-refractivity contribution in [3.63, 3.8) is 0 Å². The molecule has 0 spiro atoms. The van der Waals surface area contributed by atoms with Gasteiger partial charge < -0.3 is 14.4 Å². The molecule has 30 heavy (non-hydrogen) atoms. The smallest absolute Gasteiger partial charge is 0.219 e. The number of carbonyl (C=O) groups is 1. The number of ether oxygens (including phenoxy) is 2. The summed E-state index contributed by atoms with van der Waals surface area (Å²) in [4.78, 5) is 21.3. The first-order valence-corrected chi connectivity index (χ1v) is 10.8. The molecule has 2 aliphatic heterocycles. The van der Waals surface area contributed by atoms with Gasteiger partial charge in [-0.25, -0.2) is 0 Å². The predicted molar refractivity (Wildman–Crippen MR) is 115 cm³/mol. The van der Waals surface area contributed by atoms with Crippen LogP contribution in [0.15, 0.2) is 36.5 Å². The van der Waals surface area contributed by atoms with Crippen molar-refractivity contribution in [3.05, 3.63) is 53.3 Å². The molecule has 2 aromatic rings. The highest BCUT2D eigenvalue weighted by Crippen LogP contribution is 2.33. The van der Waals surface area contributed by atoms with E-state index in [9.17, 15) is 4.79 Å². The maximum atomic E-state index is 12.3. The molecule has 1 aromatic heterocycles. The summed E-state index contributed by atoms with van der Waals surface area (Å²) in [6, 6.07) is 9.98. The van der Waals surface area contributed by atoms with Crippen molar-refractivity contribution in [1.29, 1.82) is 0 Å². The highest BCUT2D eigenvalue weighted by atomic mass is 16.5. The SMILES string of the molecule is COc1ccc2c(c1)CN(C(C)=O)C[C@H]([C@H]1CCCN(Cc3ncccc3C)C1)O2. The van der Waals surface area contributed by atoms with Crippen LogP contribution in [-0.4, -0.2) is 53.5 Å². The fourth-order valence-corrected chi connectivity index (χ4v) is 4.53. The molecule has 0 bridgehead atoms. The molecule has 0 unspecified atom stereocenters. The van der Waals surface area contributed by atoms with Crippen molar-refractivity contribution in [2.24, 2.45) is 5.92 Å². The summed E-state index contributed by atoms with van der Waals surface area (Å²) < 4.78 is 11.9.